The first kappa shape index (κ1) is 15.7. The third kappa shape index (κ3) is 3.91. The second kappa shape index (κ2) is 5.26. The van der Waals surface area contributed by atoms with E-state index in [0.717, 1.165) is 11.2 Å². The fraction of sp³-hybridized carbons (Fsp3) is 0.364. The monoisotopic (exact) mass is 336 g/mol. The molecule has 2 rings (SSSR count). The number of nitrogens with zero attached hydrogens (tertiary/aromatic N) is 1. The molecule has 1 saturated heterocycles. The minimum Gasteiger partial charge on any atom is -0.311 e. The van der Waals surface area contributed by atoms with Gasteiger partial charge in [0.25, 0.3) is 0 Å². The highest BCUT2D eigenvalue weighted by atomic mass is 32.3. The van der Waals surface area contributed by atoms with E-state index in [0.29, 0.717) is 5.69 Å². The van der Waals surface area contributed by atoms with Gasteiger partial charge in [0.15, 0.2) is 0 Å². The highest BCUT2D eigenvalue weighted by molar-refractivity contribution is 7.92. The average Bonchev–Trinajstić information content (AvgIpc) is 2.69. The number of rotatable bonds is 4. The van der Waals surface area contributed by atoms with Crippen LogP contribution in [0, 0.1) is 0 Å². The van der Waals surface area contributed by atoms with Crippen LogP contribution < -0.4 is 9.62 Å². The molecule has 0 spiro atoms. The van der Waals surface area contributed by atoms with Crippen molar-refractivity contribution in [3.8, 4) is 0 Å². The lowest BCUT2D eigenvalue weighted by atomic mass is 10.2. The molecule has 1 aliphatic rings. The molecular weight excluding hydrogens is 323 g/mol. The summed E-state index contributed by atoms with van der Waals surface area (Å²) in [6.45, 7) is -0.292. The summed E-state index contributed by atoms with van der Waals surface area (Å²) in [5, 5.41) is -1.39. The topological polar surface area (TPSA) is 101 Å². The molecule has 21 heavy (non-hydrogen) atoms. The van der Waals surface area contributed by atoms with Crippen LogP contribution in [0.5, 0.6) is 0 Å². The van der Waals surface area contributed by atoms with Crippen LogP contribution in [0.2, 0.25) is 0 Å². The van der Waals surface area contributed by atoms with Crippen LogP contribution in [-0.4, -0.2) is 40.8 Å². The maximum Gasteiger partial charge on any atom is 0.307 e. The Bertz CT molecular complexity index is 776. The molecule has 1 aromatic rings. The van der Waals surface area contributed by atoms with Crippen LogP contribution in [0.15, 0.2) is 24.3 Å². The van der Waals surface area contributed by atoms with Crippen LogP contribution in [-0.2, 0) is 25.0 Å². The average molecular weight is 336 g/mol. The Labute approximate surface area is 122 Å². The number of benzene rings is 1. The lowest BCUT2D eigenvalue weighted by Crippen LogP contribution is -2.27. The molecule has 1 unspecified atom stereocenters. The first-order valence-electron chi connectivity index (χ1n) is 5.88. The van der Waals surface area contributed by atoms with Crippen molar-refractivity contribution >= 4 is 37.5 Å². The minimum atomic E-state index is -4.79. The number of carbonyl (C=O) groups excluding carboxylic acids is 1. The van der Waals surface area contributed by atoms with E-state index in [-0.39, 0.29) is 12.2 Å². The Kier molecular flexibility index (Phi) is 3.93. The second-order valence-electron chi connectivity index (χ2n) is 4.73. The SMILES string of the molecule is CS(=O)(=O)Nc1cccc(N2CC(S(=O)(=O)F)CC2=O)c1. The summed E-state index contributed by atoms with van der Waals surface area (Å²) < 4.78 is 59.3. The number of anilines is 2. The number of carbonyl (C=O) groups is 1. The third-order valence-corrected chi connectivity index (χ3v) is 4.67. The second-order valence-corrected chi connectivity index (χ2v) is 8.10. The summed E-state index contributed by atoms with van der Waals surface area (Å²) in [4.78, 5) is 12.9. The molecule has 1 fully saturated rings. The van der Waals surface area contributed by atoms with Crippen LogP contribution >= 0.6 is 0 Å². The molecule has 10 heteroatoms. The van der Waals surface area contributed by atoms with E-state index in [1.807, 2.05) is 0 Å². The van der Waals surface area contributed by atoms with Gasteiger partial charge in [0.2, 0.25) is 15.9 Å². The molecule has 7 nitrogen and oxygen atoms in total. The maximum absolute atomic E-state index is 13.0. The molecule has 1 amide bonds. The van der Waals surface area contributed by atoms with Gasteiger partial charge in [0.1, 0.15) is 5.25 Å². The van der Waals surface area contributed by atoms with E-state index in [4.69, 9.17) is 0 Å². The zero-order valence-electron chi connectivity index (χ0n) is 11.0. The van der Waals surface area contributed by atoms with Crippen LogP contribution in [0.4, 0.5) is 15.3 Å². The molecule has 1 aromatic carbocycles. The van der Waals surface area contributed by atoms with Crippen molar-refractivity contribution in [3.63, 3.8) is 0 Å². The van der Waals surface area contributed by atoms with Gasteiger partial charge >= 0.3 is 10.2 Å². The van der Waals surface area contributed by atoms with Crippen molar-refractivity contribution in [1.29, 1.82) is 0 Å². The maximum atomic E-state index is 13.0. The lowest BCUT2D eigenvalue weighted by Gasteiger charge is -2.17. The van der Waals surface area contributed by atoms with Gasteiger partial charge < -0.3 is 4.90 Å². The largest absolute Gasteiger partial charge is 0.311 e. The first-order valence-corrected chi connectivity index (χ1v) is 9.22. The van der Waals surface area contributed by atoms with Gasteiger partial charge in [-0.15, -0.1) is 3.89 Å². The molecule has 1 atom stereocenters. The Morgan fingerprint density at radius 2 is 1.95 bits per heavy atom. The number of amides is 1. The third-order valence-electron chi connectivity index (χ3n) is 2.95. The van der Waals surface area contributed by atoms with Gasteiger partial charge in [-0.25, -0.2) is 8.42 Å². The predicted molar refractivity (Wildman–Crippen MR) is 75.7 cm³/mol. The fourth-order valence-electron chi connectivity index (χ4n) is 2.06. The quantitative estimate of drug-likeness (QED) is 0.805. The van der Waals surface area contributed by atoms with Crippen LogP contribution in [0.1, 0.15) is 6.42 Å². The molecule has 0 aliphatic carbocycles. The van der Waals surface area contributed by atoms with Crippen LogP contribution in [0.3, 0.4) is 0 Å². The highest BCUT2D eigenvalue weighted by Gasteiger charge is 2.39. The van der Waals surface area contributed by atoms with E-state index in [1.54, 1.807) is 0 Å². The Morgan fingerprint density at radius 3 is 2.48 bits per heavy atom. The summed E-state index contributed by atoms with van der Waals surface area (Å²) in [5.74, 6) is -0.530. The zero-order chi connectivity index (χ0) is 15.8. The number of nitrogens with one attached hydrogen (secondary N) is 1. The number of hydrogen-bond donors (Lipinski definition) is 1. The summed E-state index contributed by atoms with van der Waals surface area (Å²) in [7, 11) is -8.26. The molecule has 1 aliphatic heterocycles. The van der Waals surface area contributed by atoms with Gasteiger partial charge in [-0.05, 0) is 18.2 Å². The highest BCUT2D eigenvalue weighted by Crippen LogP contribution is 2.27. The molecule has 1 N–H and O–H groups in total. The summed E-state index contributed by atoms with van der Waals surface area (Å²) >= 11 is 0. The van der Waals surface area contributed by atoms with Gasteiger partial charge in [-0.1, -0.05) is 6.07 Å². The van der Waals surface area contributed by atoms with Crippen molar-refractivity contribution in [3.05, 3.63) is 24.3 Å². The number of halogens is 1. The fourth-order valence-corrected chi connectivity index (χ4v) is 3.29. The van der Waals surface area contributed by atoms with Crippen molar-refractivity contribution in [2.75, 3.05) is 22.4 Å². The summed E-state index contributed by atoms with van der Waals surface area (Å²) in [6, 6.07) is 5.88. The predicted octanol–water partition coefficient (Wildman–Crippen LogP) is 0.463. The molecule has 0 aromatic heterocycles. The number of sulfonamides is 1. The van der Waals surface area contributed by atoms with E-state index < -0.39 is 37.8 Å². The van der Waals surface area contributed by atoms with Gasteiger partial charge in [-0.2, -0.15) is 8.42 Å². The summed E-state index contributed by atoms with van der Waals surface area (Å²) in [5.41, 5.74) is 0.536. The Morgan fingerprint density at radius 1 is 1.29 bits per heavy atom. The molecular formula is C11H13FN2O5S2. The smallest absolute Gasteiger partial charge is 0.307 e. The van der Waals surface area contributed by atoms with Gasteiger partial charge in [-0.3, -0.25) is 9.52 Å². The number of hydrogen-bond acceptors (Lipinski definition) is 5. The normalized spacial score (nSPS) is 19.8. The molecule has 1 heterocycles. The first-order chi connectivity index (χ1) is 9.56. The lowest BCUT2D eigenvalue weighted by molar-refractivity contribution is -0.117. The van der Waals surface area contributed by atoms with E-state index in [9.17, 15) is 25.5 Å². The van der Waals surface area contributed by atoms with E-state index >= 15 is 0 Å². The van der Waals surface area contributed by atoms with Crippen LogP contribution in [0.25, 0.3) is 0 Å². The Balaban J connectivity index is 2.27. The minimum absolute atomic E-state index is 0.231. The van der Waals surface area contributed by atoms with Gasteiger partial charge in [0.05, 0.1) is 11.9 Å². The van der Waals surface area contributed by atoms with E-state index in [1.165, 1.54) is 24.3 Å². The molecule has 116 valence electrons. The standard InChI is InChI=1S/C11H13FN2O5S2/c1-20(16,17)13-8-3-2-4-9(5-8)14-7-10(6-11(14)15)21(12,18)19/h2-5,10,13H,6-7H2,1H3. The Hall–Kier alpha value is -1.68. The summed E-state index contributed by atoms with van der Waals surface area (Å²) in [6.07, 6.45) is 0.551. The van der Waals surface area contributed by atoms with E-state index in [2.05, 4.69) is 4.72 Å². The molecule has 0 radical (unpaired) electrons. The van der Waals surface area contributed by atoms with Crippen molar-refractivity contribution in [2.24, 2.45) is 0 Å². The van der Waals surface area contributed by atoms with Gasteiger partial charge in [0, 0.05) is 18.7 Å². The van der Waals surface area contributed by atoms with Crippen molar-refractivity contribution in [2.45, 2.75) is 11.7 Å². The van der Waals surface area contributed by atoms with Crippen molar-refractivity contribution in [1.82, 2.24) is 0 Å². The zero-order valence-corrected chi connectivity index (χ0v) is 12.6. The van der Waals surface area contributed by atoms with Crippen molar-refractivity contribution < 1.29 is 25.5 Å². The molecule has 0 bridgehead atoms. The molecule has 0 saturated carbocycles.